The summed E-state index contributed by atoms with van der Waals surface area (Å²) in [5.41, 5.74) is 4.49. The number of aryl methyl sites for hydroxylation is 3. The molecule has 0 unspecified atom stereocenters. The Labute approximate surface area is 271 Å². The number of benzene rings is 4. The number of carbonyl (C=O) groups excluding carboxylic acids is 2. The molecule has 0 saturated carbocycles. The van der Waals surface area contributed by atoms with Crippen LogP contribution >= 0.6 is 11.6 Å². The Morgan fingerprint density at radius 1 is 0.844 bits per heavy atom. The highest BCUT2D eigenvalue weighted by Gasteiger charge is 2.35. The second-order valence-corrected chi connectivity index (χ2v) is 13.5. The summed E-state index contributed by atoms with van der Waals surface area (Å²) in [7, 11) is -4.18. The van der Waals surface area contributed by atoms with Gasteiger partial charge < -0.3 is 10.2 Å². The van der Waals surface area contributed by atoms with Crippen molar-refractivity contribution in [3.05, 3.63) is 130 Å². The molecule has 0 aliphatic heterocycles. The molecule has 0 saturated heterocycles. The van der Waals surface area contributed by atoms with Gasteiger partial charge in [0.05, 0.1) is 10.6 Å². The quantitative estimate of drug-likeness (QED) is 0.177. The van der Waals surface area contributed by atoms with Crippen LogP contribution in [0.3, 0.4) is 0 Å². The van der Waals surface area contributed by atoms with Gasteiger partial charge in [0, 0.05) is 24.5 Å². The van der Waals surface area contributed by atoms with Crippen molar-refractivity contribution in [2.24, 2.45) is 0 Å². The highest BCUT2D eigenvalue weighted by atomic mass is 35.5. The van der Waals surface area contributed by atoms with Gasteiger partial charge in [0.15, 0.2) is 0 Å². The summed E-state index contributed by atoms with van der Waals surface area (Å²) >= 11 is 6.56. The summed E-state index contributed by atoms with van der Waals surface area (Å²) in [6, 6.07) is 27.7. The van der Waals surface area contributed by atoms with Gasteiger partial charge in [-0.2, -0.15) is 0 Å². The molecule has 9 heteroatoms. The number of halogens is 1. The fraction of sp³-hybridized carbons (Fsp3) is 0.278. The number of sulfonamides is 1. The maximum absolute atomic E-state index is 14.6. The van der Waals surface area contributed by atoms with Gasteiger partial charge in [-0.3, -0.25) is 13.9 Å². The van der Waals surface area contributed by atoms with Crippen molar-refractivity contribution < 1.29 is 18.0 Å². The molecule has 4 aromatic rings. The molecule has 236 valence electrons. The van der Waals surface area contributed by atoms with Crippen molar-refractivity contribution in [2.45, 2.75) is 58.0 Å². The van der Waals surface area contributed by atoms with Gasteiger partial charge in [0.1, 0.15) is 12.6 Å². The molecule has 0 bridgehead atoms. The molecule has 4 aromatic carbocycles. The SMILES string of the molecule is CCCNC(=O)[C@H](Cc1ccccc1)N(Cc1ccccc1Cl)C(=O)CN(c1ccc(C)cc1C)S(=O)(=O)c1ccc(C)cc1. The van der Waals surface area contributed by atoms with Gasteiger partial charge in [-0.25, -0.2) is 8.42 Å². The summed E-state index contributed by atoms with van der Waals surface area (Å²) in [6.07, 6.45) is 0.957. The molecule has 45 heavy (non-hydrogen) atoms. The smallest absolute Gasteiger partial charge is 0.264 e. The Hall–Kier alpha value is -4.14. The minimum absolute atomic E-state index is 0.0147. The standard InChI is InChI=1S/C36H40ClN3O4S/c1-5-21-38-36(42)34(23-29-11-7-6-8-12-29)39(24-30-13-9-10-14-32(30)37)35(41)25-40(33-20-17-27(3)22-28(33)4)45(43,44)31-18-15-26(2)16-19-31/h6-20,22,34H,5,21,23-25H2,1-4H3,(H,38,42)/t34-/m0/s1. The van der Waals surface area contributed by atoms with Crippen LogP contribution in [0.1, 0.15) is 41.2 Å². The van der Waals surface area contributed by atoms with Crippen LogP contribution in [0.4, 0.5) is 5.69 Å². The van der Waals surface area contributed by atoms with E-state index in [2.05, 4.69) is 5.32 Å². The lowest BCUT2D eigenvalue weighted by Crippen LogP contribution is -2.53. The van der Waals surface area contributed by atoms with E-state index < -0.39 is 28.5 Å². The molecule has 0 radical (unpaired) electrons. The van der Waals surface area contributed by atoms with Crippen LogP contribution in [0, 0.1) is 20.8 Å². The first-order valence-corrected chi connectivity index (χ1v) is 16.8. The van der Waals surface area contributed by atoms with E-state index in [0.29, 0.717) is 28.4 Å². The highest BCUT2D eigenvalue weighted by molar-refractivity contribution is 7.92. The van der Waals surface area contributed by atoms with Crippen molar-refractivity contribution in [1.82, 2.24) is 10.2 Å². The molecule has 0 spiro atoms. The van der Waals surface area contributed by atoms with Crippen LogP contribution in [-0.2, 0) is 32.6 Å². The lowest BCUT2D eigenvalue weighted by Gasteiger charge is -2.34. The minimum Gasteiger partial charge on any atom is -0.354 e. The fourth-order valence-electron chi connectivity index (χ4n) is 5.17. The third-order valence-corrected chi connectivity index (χ3v) is 9.77. The molecule has 4 rings (SSSR count). The molecule has 0 fully saturated rings. The third kappa shape index (κ3) is 8.53. The molecular formula is C36H40ClN3O4S. The van der Waals surface area contributed by atoms with Crippen LogP contribution in [0.5, 0.6) is 0 Å². The first kappa shape index (κ1) is 33.7. The first-order chi connectivity index (χ1) is 21.5. The number of hydrogen-bond donors (Lipinski definition) is 1. The lowest BCUT2D eigenvalue weighted by atomic mass is 10.0. The predicted octanol–water partition coefficient (Wildman–Crippen LogP) is 6.63. The molecule has 7 nitrogen and oxygen atoms in total. The van der Waals surface area contributed by atoms with Crippen LogP contribution in [0.15, 0.2) is 102 Å². The maximum atomic E-state index is 14.6. The number of carbonyl (C=O) groups is 2. The van der Waals surface area contributed by atoms with Crippen molar-refractivity contribution in [2.75, 3.05) is 17.4 Å². The number of nitrogens with zero attached hydrogens (tertiary/aromatic N) is 2. The zero-order valence-electron chi connectivity index (χ0n) is 26.2. The Bertz CT molecular complexity index is 1730. The average Bonchev–Trinajstić information content (AvgIpc) is 3.02. The van der Waals surface area contributed by atoms with Crippen LogP contribution < -0.4 is 9.62 Å². The van der Waals surface area contributed by atoms with Crippen LogP contribution in [0.2, 0.25) is 5.02 Å². The number of nitrogens with one attached hydrogen (secondary N) is 1. The Balaban J connectivity index is 1.83. The molecule has 1 atom stereocenters. The largest absolute Gasteiger partial charge is 0.354 e. The monoisotopic (exact) mass is 645 g/mol. The van der Waals surface area contributed by atoms with E-state index >= 15 is 0 Å². The van der Waals surface area contributed by atoms with Gasteiger partial charge in [0.25, 0.3) is 10.0 Å². The Morgan fingerprint density at radius 3 is 2.13 bits per heavy atom. The zero-order chi connectivity index (χ0) is 32.6. The second kappa shape index (κ2) is 15.2. The second-order valence-electron chi connectivity index (χ2n) is 11.2. The molecule has 2 amide bonds. The van der Waals surface area contributed by atoms with E-state index in [1.54, 1.807) is 48.5 Å². The molecular weight excluding hydrogens is 606 g/mol. The fourth-order valence-corrected chi connectivity index (χ4v) is 6.84. The summed E-state index contributed by atoms with van der Waals surface area (Å²) in [5.74, 6) is -0.848. The lowest BCUT2D eigenvalue weighted by molar-refractivity contribution is -0.140. The number of anilines is 1. The van der Waals surface area contributed by atoms with Crippen molar-refractivity contribution >= 4 is 39.1 Å². The van der Waals surface area contributed by atoms with Gasteiger partial charge in [-0.05, 0) is 68.1 Å². The van der Waals surface area contributed by atoms with Gasteiger partial charge in [-0.15, -0.1) is 0 Å². The number of amides is 2. The zero-order valence-corrected chi connectivity index (χ0v) is 27.7. The topological polar surface area (TPSA) is 86.8 Å². The summed E-state index contributed by atoms with van der Waals surface area (Å²) in [5, 5.41) is 3.40. The molecule has 0 aliphatic carbocycles. The van der Waals surface area contributed by atoms with Crippen molar-refractivity contribution in [3.8, 4) is 0 Å². The predicted molar refractivity (Wildman–Crippen MR) is 181 cm³/mol. The van der Waals surface area contributed by atoms with Crippen molar-refractivity contribution in [1.29, 1.82) is 0 Å². The average molecular weight is 646 g/mol. The maximum Gasteiger partial charge on any atom is 0.264 e. The van der Waals surface area contributed by atoms with E-state index in [-0.39, 0.29) is 23.8 Å². The normalized spacial score (nSPS) is 11.9. The third-order valence-electron chi connectivity index (χ3n) is 7.63. The van der Waals surface area contributed by atoms with E-state index in [0.717, 1.165) is 27.4 Å². The van der Waals surface area contributed by atoms with Crippen LogP contribution in [0.25, 0.3) is 0 Å². The van der Waals surface area contributed by atoms with E-state index in [1.807, 2.05) is 76.2 Å². The highest BCUT2D eigenvalue weighted by Crippen LogP contribution is 2.29. The summed E-state index contributed by atoms with van der Waals surface area (Å²) < 4.78 is 29.6. The van der Waals surface area contributed by atoms with Gasteiger partial charge in [-0.1, -0.05) is 102 Å². The minimum atomic E-state index is -4.18. The summed E-state index contributed by atoms with van der Waals surface area (Å²) in [6.45, 7) is 7.52. The van der Waals surface area contributed by atoms with Gasteiger partial charge in [0.2, 0.25) is 11.8 Å². The Kier molecular flexibility index (Phi) is 11.4. The molecule has 1 N–H and O–H groups in total. The van der Waals surface area contributed by atoms with Crippen molar-refractivity contribution in [3.63, 3.8) is 0 Å². The van der Waals surface area contributed by atoms with Gasteiger partial charge >= 0.3 is 0 Å². The molecule has 0 aliphatic rings. The first-order valence-electron chi connectivity index (χ1n) is 15.0. The summed E-state index contributed by atoms with van der Waals surface area (Å²) in [4.78, 5) is 29.8. The van der Waals surface area contributed by atoms with E-state index in [1.165, 1.54) is 4.90 Å². The van der Waals surface area contributed by atoms with Crippen LogP contribution in [-0.4, -0.2) is 44.3 Å². The van der Waals surface area contributed by atoms with E-state index in [9.17, 15) is 18.0 Å². The number of hydrogen-bond acceptors (Lipinski definition) is 4. The number of rotatable bonds is 13. The molecule has 0 aromatic heterocycles. The van der Waals surface area contributed by atoms with E-state index in [4.69, 9.17) is 11.6 Å². The molecule has 0 heterocycles. The Morgan fingerprint density at radius 2 is 1.49 bits per heavy atom.